The van der Waals surface area contributed by atoms with Gasteiger partial charge in [-0.1, -0.05) is 0 Å². The highest BCUT2D eigenvalue weighted by Crippen LogP contribution is 2.27. The molecule has 0 heterocycles. The Morgan fingerprint density at radius 1 is 1.47 bits per heavy atom. The van der Waals surface area contributed by atoms with Gasteiger partial charge in [0, 0.05) is 5.69 Å². The Bertz CT molecular complexity index is 406. The normalized spacial score (nSPS) is 9.47. The minimum Gasteiger partial charge on any atom is -0.496 e. The van der Waals surface area contributed by atoms with Crippen molar-refractivity contribution in [2.75, 3.05) is 12.4 Å². The molecule has 0 saturated carbocycles. The quantitative estimate of drug-likeness (QED) is 0.785. The first-order chi connectivity index (χ1) is 7.04. The molecule has 0 radical (unpaired) electrons. The molecule has 80 valence electrons. The second-order valence-electron chi connectivity index (χ2n) is 2.67. The van der Waals surface area contributed by atoms with Gasteiger partial charge >= 0.3 is 11.8 Å². The van der Waals surface area contributed by atoms with E-state index in [0.717, 1.165) is 0 Å². The van der Waals surface area contributed by atoms with E-state index in [4.69, 9.17) is 10.5 Å². The summed E-state index contributed by atoms with van der Waals surface area (Å²) in [6.07, 6.45) is 0. The lowest BCUT2D eigenvalue weighted by Gasteiger charge is -2.06. The van der Waals surface area contributed by atoms with E-state index >= 15 is 0 Å². The molecule has 3 N–H and O–H groups in total. The average Bonchev–Trinajstić information content (AvgIpc) is 2.18. The molecule has 0 aliphatic heterocycles. The van der Waals surface area contributed by atoms with Crippen LogP contribution in [0.5, 0.6) is 5.75 Å². The lowest BCUT2D eigenvalue weighted by molar-refractivity contribution is -0.134. The number of nitrogens with one attached hydrogen (secondary N) is 1. The number of amides is 2. The molecule has 0 atom stereocenters. The fourth-order valence-electron chi connectivity index (χ4n) is 0.937. The Morgan fingerprint density at radius 3 is 2.60 bits per heavy atom. The third kappa shape index (κ3) is 2.95. The van der Waals surface area contributed by atoms with Gasteiger partial charge in [-0.25, -0.2) is 0 Å². The summed E-state index contributed by atoms with van der Waals surface area (Å²) < 4.78 is 5.67. The first-order valence-corrected chi connectivity index (χ1v) is 4.78. The van der Waals surface area contributed by atoms with Gasteiger partial charge in [0.1, 0.15) is 5.75 Å². The van der Waals surface area contributed by atoms with Crippen LogP contribution in [0.1, 0.15) is 0 Å². The van der Waals surface area contributed by atoms with E-state index in [1.165, 1.54) is 7.11 Å². The summed E-state index contributed by atoms with van der Waals surface area (Å²) in [5, 5.41) is 2.33. The van der Waals surface area contributed by atoms with Gasteiger partial charge < -0.3 is 15.8 Å². The van der Waals surface area contributed by atoms with Crippen molar-refractivity contribution in [1.29, 1.82) is 0 Å². The second kappa shape index (κ2) is 4.79. The number of nitrogens with two attached hydrogens (primary N) is 1. The smallest absolute Gasteiger partial charge is 0.313 e. The highest BCUT2D eigenvalue weighted by molar-refractivity contribution is 9.10. The SMILES string of the molecule is COc1ccc(NC(=O)C(N)=O)cc1Br. The molecular weight excluding hydrogens is 264 g/mol. The molecule has 1 aromatic carbocycles. The number of hydrogen-bond acceptors (Lipinski definition) is 3. The summed E-state index contributed by atoms with van der Waals surface area (Å²) in [5.74, 6) is -1.25. The number of ether oxygens (including phenoxy) is 1. The number of carbonyl (C=O) groups is 2. The van der Waals surface area contributed by atoms with Crippen LogP contribution in [-0.2, 0) is 9.59 Å². The van der Waals surface area contributed by atoms with E-state index in [2.05, 4.69) is 21.2 Å². The van der Waals surface area contributed by atoms with Crippen molar-refractivity contribution in [3.63, 3.8) is 0 Å². The van der Waals surface area contributed by atoms with Crippen LogP contribution >= 0.6 is 15.9 Å². The molecule has 0 bridgehead atoms. The molecule has 1 aromatic rings. The van der Waals surface area contributed by atoms with Gasteiger partial charge in [0.15, 0.2) is 0 Å². The van der Waals surface area contributed by atoms with Gasteiger partial charge in [-0.2, -0.15) is 0 Å². The highest BCUT2D eigenvalue weighted by Gasteiger charge is 2.09. The number of halogens is 1. The number of benzene rings is 1. The topological polar surface area (TPSA) is 81.4 Å². The number of carbonyl (C=O) groups excluding carboxylic acids is 2. The molecule has 0 aromatic heterocycles. The summed E-state index contributed by atoms with van der Waals surface area (Å²) in [6.45, 7) is 0. The van der Waals surface area contributed by atoms with Crippen LogP contribution in [-0.4, -0.2) is 18.9 Å². The van der Waals surface area contributed by atoms with Crippen LogP contribution in [0.3, 0.4) is 0 Å². The van der Waals surface area contributed by atoms with Gasteiger partial charge in [-0.05, 0) is 34.1 Å². The Balaban J connectivity index is 2.84. The summed E-state index contributed by atoms with van der Waals surface area (Å²) in [5.41, 5.74) is 5.25. The lowest BCUT2D eigenvalue weighted by Crippen LogP contribution is -2.29. The van der Waals surface area contributed by atoms with E-state index in [0.29, 0.717) is 15.9 Å². The predicted molar refractivity (Wildman–Crippen MR) is 58.5 cm³/mol. The summed E-state index contributed by atoms with van der Waals surface area (Å²) in [6, 6.07) is 4.87. The van der Waals surface area contributed by atoms with Crippen LogP contribution < -0.4 is 15.8 Å². The van der Waals surface area contributed by atoms with Gasteiger partial charge in [-0.15, -0.1) is 0 Å². The minimum atomic E-state index is -1.03. The molecule has 5 nitrogen and oxygen atoms in total. The maximum atomic E-state index is 10.9. The van der Waals surface area contributed by atoms with Crippen molar-refractivity contribution in [3.05, 3.63) is 22.7 Å². The van der Waals surface area contributed by atoms with E-state index < -0.39 is 11.8 Å². The monoisotopic (exact) mass is 272 g/mol. The standard InChI is InChI=1S/C9H9BrN2O3/c1-15-7-3-2-5(4-6(7)10)12-9(14)8(11)13/h2-4H,1H3,(H2,11,13)(H,12,14). The number of rotatable bonds is 2. The van der Waals surface area contributed by atoms with Crippen LogP contribution in [0.4, 0.5) is 5.69 Å². The molecule has 0 saturated heterocycles. The minimum absolute atomic E-state index is 0.464. The first-order valence-electron chi connectivity index (χ1n) is 3.99. The molecule has 0 unspecified atom stereocenters. The van der Waals surface area contributed by atoms with E-state index in [9.17, 15) is 9.59 Å². The Morgan fingerprint density at radius 2 is 2.13 bits per heavy atom. The molecule has 0 fully saturated rings. The molecule has 15 heavy (non-hydrogen) atoms. The zero-order valence-electron chi connectivity index (χ0n) is 7.91. The van der Waals surface area contributed by atoms with E-state index in [1.54, 1.807) is 18.2 Å². The van der Waals surface area contributed by atoms with Crippen LogP contribution in [0.25, 0.3) is 0 Å². The number of anilines is 1. The van der Waals surface area contributed by atoms with Crippen molar-refractivity contribution in [1.82, 2.24) is 0 Å². The number of methoxy groups -OCH3 is 1. The molecule has 1 rings (SSSR count). The summed E-state index contributed by atoms with van der Waals surface area (Å²) in [4.78, 5) is 21.4. The molecule has 0 spiro atoms. The largest absolute Gasteiger partial charge is 0.496 e. The summed E-state index contributed by atoms with van der Waals surface area (Å²) in [7, 11) is 1.53. The maximum absolute atomic E-state index is 10.9. The van der Waals surface area contributed by atoms with Gasteiger partial charge in [0.25, 0.3) is 0 Å². The maximum Gasteiger partial charge on any atom is 0.313 e. The fourth-order valence-corrected chi connectivity index (χ4v) is 1.48. The number of primary amides is 1. The van der Waals surface area contributed by atoms with Crippen LogP contribution in [0.15, 0.2) is 22.7 Å². The van der Waals surface area contributed by atoms with E-state index in [1.807, 2.05) is 0 Å². The third-order valence-electron chi connectivity index (χ3n) is 1.63. The fraction of sp³-hybridized carbons (Fsp3) is 0.111. The first kappa shape index (κ1) is 11.5. The zero-order valence-corrected chi connectivity index (χ0v) is 9.50. The van der Waals surface area contributed by atoms with Crippen molar-refractivity contribution >= 4 is 33.4 Å². The average molecular weight is 273 g/mol. The predicted octanol–water partition coefficient (Wildman–Crippen LogP) is 0.881. The third-order valence-corrected chi connectivity index (χ3v) is 2.25. The van der Waals surface area contributed by atoms with Crippen molar-refractivity contribution in [2.24, 2.45) is 5.73 Å². The van der Waals surface area contributed by atoms with Gasteiger partial charge in [-0.3, -0.25) is 9.59 Å². The molecule has 6 heteroatoms. The Hall–Kier alpha value is -1.56. The zero-order chi connectivity index (χ0) is 11.4. The van der Waals surface area contributed by atoms with Crippen molar-refractivity contribution < 1.29 is 14.3 Å². The van der Waals surface area contributed by atoms with Crippen molar-refractivity contribution in [3.8, 4) is 5.75 Å². The second-order valence-corrected chi connectivity index (χ2v) is 3.52. The van der Waals surface area contributed by atoms with Crippen LogP contribution in [0.2, 0.25) is 0 Å². The highest BCUT2D eigenvalue weighted by atomic mass is 79.9. The molecular formula is C9H9BrN2O3. The van der Waals surface area contributed by atoms with Crippen LogP contribution in [0, 0.1) is 0 Å². The molecule has 0 aliphatic rings. The Labute approximate surface area is 94.7 Å². The lowest BCUT2D eigenvalue weighted by atomic mass is 10.3. The van der Waals surface area contributed by atoms with Gasteiger partial charge in [0.2, 0.25) is 0 Å². The Kier molecular flexibility index (Phi) is 3.68. The number of hydrogen-bond donors (Lipinski definition) is 2. The molecule has 2 amide bonds. The molecule has 0 aliphatic carbocycles. The van der Waals surface area contributed by atoms with Gasteiger partial charge in [0.05, 0.1) is 11.6 Å². The van der Waals surface area contributed by atoms with E-state index in [-0.39, 0.29) is 0 Å². The van der Waals surface area contributed by atoms with Crippen molar-refractivity contribution in [2.45, 2.75) is 0 Å². The summed E-state index contributed by atoms with van der Waals surface area (Å²) >= 11 is 3.24.